The molecule has 1 rings (SSSR count). The molecule has 0 aliphatic rings. The van der Waals surface area contributed by atoms with Crippen LogP contribution >= 0.6 is 0 Å². The van der Waals surface area contributed by atoms with Crippen LogP contribution in [0.25, 0.3) is 6.08 Å². The quantitative estimate of drug-likeness (QED) is 0.702. The Morgan fingerprint density at radius 1 is 1.05 bits per heavy atom. The Bertz CT molecular complexity index is 350. The first-order valence-corrected chi connectivity index (χ1v) is 8.18. The molecule has 1 aromatic rings. The first kappa shape index (κ1) is 19.7. The van der Waals surface area contributed by atoms with Gasteiger partial charge in [-0.1, -0.05) is 45.6 Å². The molecule has 0 radical (unpaired) electrons. The molecule has 2 heteroatoms. The highest BCUT2D eigenvalue weighted by molar-refractivity contribution is 5.48. The van der Waals surface area contributed by atoms with E-state index in [1.807, 2.05) is 30.3 Å². The van der Waals surface area contributed by atoms with Gasteiger partial charge in [0.1, 0.15) is 5.75 Å². The molecule has 0 saturated heterocycles. The maximum atomic E-state index is 5.42. The molecule has 0 amide bonds. The zero-order chi connectivity index (χ0) is 16.1. The Morgan fingerprint density at radius 2 is 1.57 bits per heavy atom. The molecule has 0 bridgehead atoms. The van der Waals surface area contributed by atoms with Crippen molar-refractivity contribution in [2.24, 2.45) is 0 Å². The van der Waals surface area contributed by atoms with Gasteiger partial charge >= 0.3 is 0 Å². The maximum Gasteiger partial charge on any atom is 0.119 e. The zero-order valence-electron chi connectivity index (χ0n) is 14.5. The summed E-state index contributed by atoms with van der Waals surface area (Å²) in [6.45, 7) is 15.4. The third-order valence-corrected chi connectivity index (χ3v) is 3.38. The van der Waals surface area contributed by atoms with E-state index in [2.05, 4.69) is 46.5 Å². The second kappa shape index (κ2) is 12.5. The van der Waals surface area contributed by atoms with Crippen molar-refractivity contribution in [2.75, 3.05) is 6.61 Å². The Balaban J connectivity index is 0.000000400. The number of rotatable bonds is 8. The average Bonchev–Trinajstić information content (AvgIpc) is 2.53. The van der Waals surface area contributed by atoms with E-state index in [4.69, 9.17) is 4.74 Å². The van der Waals surface area contributed by atoms with Crippen molar-refractivity contribution in [1.29, 1.82) is 0 Å². The van der Waals surface area contributed by atoms with Crippen molar-refractivity contribution in [3.63, 3.8) is 0 Å². The minimum absolute atomic E-state index is 0.681. The fraction of sp³-hybridized carbons (Fsp3) is 0.579. The second-order valence-corrected chi connectivity index (χ2v) is 5.41. The zero-order valence-corrected chi connectivity index (χ0v) is 14.5. The summed E-state index contributed by atoms with van der Waals surface area (Å²) >= 11 is 0. The van der Waals surface area contributed by atoms with Crippen LogP contribution in [0.5, 0.6) is 5.75 Å². The van der Waals surface area contributed by atoms with Crippen LogP contribution in [0, 0.1) is 0 Å². The van der Waals surface area contributed by atoms with Crippen LogP contribution in [0.2, 0.25) is 0 Å². The summed E-state index contributed by atoms with van der Waals surface area (Å²) < 4.78 is 5.42. The van der Waals surface area contributed by atoms with E-state index in [9.17, 15) is 0 Å². The monoisotopic (exact) mass is 291 g/mol. The molecule has 2 nitrogen and oxygen atoms in total. The SMILES string of the molecule is C=Cc1ccc(OCCC)cc1.CCC(C)NC(C)CC. The van der Waals surface area contributed by atoms with E-state index < -0.39 is 0 Å². The van der Waals surface area contributed by atoms with Gasteiger partial charge in [0.15, 0.2) is 0 Å². The van der Waals surface area contributed by atoms with Crippen molar-refractivity contribution >= 4 is 6.08 Å². The number of hydrogen-bond donors (Lipinski definition) is 1. The van der Waals surface area contributed by atoms with Crippen molar-refractivity contribution in [1.82, 2.24) is 5.32 Å². The molecule has 1 aromatic carbocycles. The summed E-state index contributed by atoms with van der Waals surface area (Å²) in [6, 6.07) is 9.29. The van der Waals surface area contributed by atoms with Crippen LogP contribution < -0.4 is 10.1 Å². The van der Waals surface area contributed by atoms with Crippen molar-refractivity contribution < 1.29 is 4.74 Å². The summed E-state index contributed by atoms with van der Waals surface area (Å²) in [5.41, 5.74) is 1.12. The van der Waals surface area contributed by atoms with Crippen molar-refractivity contribution in [3.8, 4) is 5.75 Å². The molecule has 21 heavy (non-hydrogen) atoms. The minimum atomic E-state index is 0.681. The largest absolute Gasteiger partial charge is 0.494 e. The highest BCUT2D eigenvalue weighted by Crippen LogP contribution is 2.12. The normalized spacial score (nSPS) is 12.8. The summed E-state index contributed by atoms with van der Waals surface area (Å²) in [4.78, 5) is 0. The lowest BCUT2D eigenvalue weighted by Gasteiger charge is -2.16. The number of hydrogen-bond acceptors (Lipinski definition) is 2. The highest BCUT2D eigenvalue weighted by Gasteiger charge is 2.01. The van der Waals surface area contributed by atoms with Crippen LogP contribution in [-0.4, -0.2) is 18.7 Å². The molecule has 2 atom stereocenters. The molecule has 0 fully saturated rings. The summed E-state index contributed by atoms with van der Waals surface area (Å²) in [5.74, 6) is 0.933. The molecule has 0 aromatic heterocycles. The molecule has 0 aliphatic carbocycles. The topological polar surface area (TPSA) is 21.3 Å². The standard InChI is InChI=1S/C11H14O.C8H19N/c1-3-9-12-11-7-5-10(4-2)6-8-11;1-5-7(3)9-8(4)6-2/h4-8H,2-3,9H2,1H3;7-9H,5-6H2,1-4H3. The van der Waals surface area contributed by atoms with E-state index in [1.165, 1.54) is 12.8 Å². The molecule has 2 unspecified atom stereocenters. The van der Waals surface area contributed by atoms with Crippen LogP contribution in [0.15, 0.2) is 30.8 Å². The molecule has 0 heterocycles. The third kappa shape index (κ3) is 10.1. The number of benzene rings is 1. The molecule has 0 saturated carbocycles. The summed E-state index contributed by atoms with van der Waals surface area (Å²) in [5, 5.41) is 3.48. The second-order valence-electron chi connectivity index (χ2n) is 5.41. The Hall–Kier alpha value is -1.28. The number of nitrogens with one attached hydrogen (secondary N) is 1. The fourth-order valence-corrected chi connectivity index (χ4v) is 1.64. The minimum Gasteiger partial charge on any atom is -0.494 e. The predicted molar refractivity (Wildman–Crippen MR) is 95.0 cm³/mol. The molecule has 1 N–H and O–H groups in total. The van der Waals surface area contributed by atoms with E-state index in [0.29, 0.717) is 12.1 Å². The van der Waals surface area contributed by atoms with E-state index >= 15 is 0 Å². The van der Waals surface area contributed by atoms with Gasteiger partial charge in [0.2, 0.25) is 0 Å². The van der Waals surface area contributed by atoms with E-state index in [0.717, 1.165) is 24.3 Å². The van der Waals surface area contributed by atoms with Crippen molar-refractivity contribution in [2.45, 2.75) is 66.0 Å². The van der Waals surface area contributed by atoms with Gasteiger partial charge in [-0.25, -0.2) is 0 Å². The Kier molecular flexibility index (Phi) is 11.7. The fourth-order valence-electron chi connectivity index (χ4n) is 1.64. The van der Waals surface area contributed by atoms with Gasteiger partial charge in [0, 0.05) is 12.1 Å². The highest BCUT2D eigenvalue weighted by atomic mass is 16.5. The first-order valence-electron chi connectivity index (χ1n) is 8.18. The van der Waals surface area contributed by atoms with Crippen LogP contribution in [0.1, 0.15) is 59.4 Å². The van der Waals surface area contributed by atoms with Gasteiger partial charge in [0.05, 0.1) is 6.61 Å². The lowest BCUT2D eigenvalue weighted by atomic mass is 10.2. The van der Waals surface area contributed by atoms with Gasteiger partial charge in [-0.05, 0) is 50.8 Å². The van der Waals surface area contributed by atoms with Crippen LogP contribution in [0.3, 0.4) is 0 Å². The summed E-state index contributed by atoms with van der Waals surface area (Å²) in [7, 11) is 0. The summed E-state index contributed by atoms with van der Waals surface area (Å²) in [6.07, 6.45) is 5.32. The van der Waals surface area contributed by atoms with Gasteiger partial charge < -0.3 is 10.1 Å². The lowest BCUT2D eigenvalue weighted by Crippen LogP contribution is -2.33. The molecule has 120 valence electrons. The van der Waals surface area contributed by atoms with Crippen LogP contribution in [-0.2, 0) is 0 Å². The van der Waals surface area contributed by atoms with Crippen LogP contribution in [0.4, 0.5) is 0 Å². The van der Waals surface area contributed by atoms with Gasteiger partial charge in [-0.3, -0.25) is 0 Å². The molecule has 0 spiro atoms. The van der Waals surface area contributed by atoms with Gasteiger partial charge in [0.25, 0.3) is 0 Å². The first-order chi connectivity index (χ1) is 10.1. The van der Waals surface area contributed by atoms with Crippen molar-refractivity contribution in [3.05, 3.63) is 36.4 Å². The predicted octanol–water partition coefficient (Wildman–Crippen LogP) is 5.29. The number of ether oxygens (including phenoxy) is 1. The Morgan fingerprint density at radius 3 is 1.95 bits per heavy atom. The molecule has 0 aliphatic heterocycles. The lowest BCUT2D eigenvalue weighted by molar-refractivity contribution is 0.317. The van der Waals surface area contributed by atoms with E-state index in [1.54, 1.807) is 0 Å². The molecular formula is C19H33NO. The van der Waals surface area contributed by atoms with E-state index in [-0.39, 0.29) is 0 Å². The maximum absolute atomic E-state index is 5.42. The average molecular weight is 291 g/mol. The molecular weight excluding hydrogens is 258 g/mol. The van der Waals surface area contributed by atoms with Gasteiger partial charge in [-0.2, -0.15) is 0 Å². The third-order valence-electron chi connectivity index (χ3n) is 3.38. The van der Waals surface area contributed by atoms with Gasteiger partial charge in [-0.15, -0.1) is 0 Å². The smallest absolute Gasteiger partial charge is 0.119 e. The Labute approximate surface area is 131 Å².